The Bertz CT molecular complexity index is 151. The number of rotatable bonds is 8. The zero-order valence-corrected chi connectivity index (χ0v) is 9.43. The fourth-order valence-electron chi connectivity index (χ4n) is 0.916. The highest BCUT2D eigenvalue weighted by Crippen LogP contribution is 1.85. The van der Waals surface area contributed by atoms with Gasteiger partial charge in [-0.2, -0.15) is 0 Å². The maximum Gasteiger partial charge on any atom is 0.236 e. The SMILES string of the molecule is CCCOCCCNC(=O)C(C)NC. The van der Waals surface area contributed by atoms with E-state index in [1.54, 1.807) is 7.05 Å². The summed E-state index contributed by atoms with van der Waals surface area (Å²) in [5.74, 6) is 0.0444. The van der Waals surface area contributed by atoms with Gasteiger partial charge in [0.05, 0.1) is 6.04 Å². The number of carbonyl (C=O) groups is 1. The number of hydrogen-bond donors (Lipinski definition) is 2. The van der Waals surface area contributed by atoms with Gasteiger partial charge in [0.25, 0.3) is 0 Å². The summed E-state index contributed by atoms with van der Waals surface area (Å²) < 4.78 is 5.28. The van der Waals surface area contributed by atoms with Crippen molar-refractivity contribution in [1.29, 1.82) is 0 Å². The second kappa shape index (κ2) is 8.97. The second-order valence-corrected chi connectivity index (χ2v) is 3.27. The molecular weight excluding hydrogens is 180 g/mol. The highest BCUT2D eigenvalue weighted by Gasteiger charge is 2.07. The van der Waals surface area contributed by atoms with E-state index in [4.69, 9.17) is 4.74 Å². The van der Waals surface area contributed by atoms with Gasteiger partial charge in [-0.05, 0) is 26.8 Å². The van der Waals surface area contributed by atoms with Gasteiger partial charge in [0.15, 0.2) is 0 Å². The molecule has 0 saturated carbocycles. The zero-order chi connectivity index (χ0) is 10.8. The monoisotopic (exact) mass is 202 g/mol. The average molecular weight is 202 g/mol. The third-order valence-corrected chi connectivity index (χ3v) is 1.94. The van der Waals surface area contributed by atoms with E-state index in [0.717, 1.165) is 26.1 Å². The molecular formula is C10H22N2O2. The van der Waals surface area contributed by atoms with Crippen molar-refractivity contribution >= 4 is 5.91 Å². The Kier molecular flexibility index (Phi) is 8.57. The Morgan fingerprint density at radius 1 is 1.43 bits per heavy atom. The number of amides is 1. The van der Waals surface area contributed by atoms with E-state index >= 15 is 0 Å². The molecule has 1 unspecified atom stereocenters. The lowest BCUT2D eigenvalue weighted by Gasteiger charge is -2.10. The third kappa shape index (κ3) is 6.86. The molecule has 2 N–H and O–H groups in total. The summed E-state index contributed by atoms with van der Waals surface area (Å²) in [7, 11) is 1.77. The van der Waals surface area contributed by atoms with Crippen LogP contribution in [-0.4, -0.2) is 38.8 Å². The van der Waals surface area contributed by atoms with Crippen molar-refractivity contribution in [2.24, 2.45) is 0 Å². The summed E-state index contributed by atoms with van der Waals surface area (Å²) in [5.41, 5.74) is 0. The van der Waals surface area contributed by atoms with Gasteiger partial charge in [-0.25, -0.2) is 0 Å². The molecule has 0 aliphatic carbocycles. The third-order valence-electron chi connectivity index (χ3n) is 1.94. The molecule has 84 valence electrons. The number of carbonyl (C=O) groups excluding carboxylic acids is 1. The van der Waals surface area contributed by atoms with Gasteiger partial charge < -0.3 is 15.4 Å². The molecule has 0 aliphatic heterocycles. The molecule has 0 fully saturated rings. The number of hydrogen-bond acceptors (Lipinski definition) is 3. The van der Waals surface area contributed by atoms with Crippen LogP contribution < -0.4 is 10.6 Å². The van der Waals surface area contributed by atoms with Crippen molar-refractivity contribution in [2.45, 2.75) is 32.7 Å². The molecule has 0 aromatic heterocycles. The highest BCUT2D eigenvalue weighted by atomic mass is 16.5. The topological polar surface area (TPSA) is 50.4 Å². The summed E-state index contributed by atoms with van der Waals surface area (Å²) in [4.78, 5) is 11.2. The van der Waals surface area contributed by atoms with Gasteiger partial charge in [0.2, 0.25) is 5.91 Å². The number of likely N-dealkylation sites (N-methyl/N-ethyl adjacent to an activating group) is 1. The summed E-state index contributed by atoms with van der Waals surface area (Å²) in [6.07, 6.45) is 1.92. The van der Waals surface area contributed by atoms with Gasteiger partial charge in [-0.3, -0.25) is 4.79 Å². The van der Waals surface area contributed by atoms with Crippen LogP contribution in [0.15, 0.2) is 0 Å². The van der Waals surface area contributed by atoms with Crippen LogP contribution in [0.3, 0.4) is 0 Å². The molecule has 14 heavy (non-hydrogen) atoms. The number of ether oxygens (including phenoxy) is 1. The van der Waals surface area contributed by atoms with Crippen molar-refractivity contribution in [1.82, 2.24) is 10.6 Å². The first-order chi connectivity index (χ1) is 6.72. The summed E-state index contributed by atoms with van der Waals surface area (Å²) in [6, 6.07) is -0.119. The lowest BCUT2D eigenvalue weighted by molar-refractivity contribution is -0.122. The zero-order valence-electron chi connectivity index (χ0n) is 9.43. The predicted molar refractivity (Wildman–Crippen MR) is 57.3 cm³/mol. The van der Waals surface area contributed by atoms with E-state index in [9.17, 15) is 4.79 Å². The van der Waals surface area contributed by atoms with Crippen LogP contribution in [0.4, 0.5) is 0 Å². The van der Waals surface area contributed by atoms with E-state index in [2.05, 4.69) is 17.6 Å². The molecule has 0 aliphatic rings. The van der Waals surface area contributed by atoms with E-state index in [-0.39, 0.29) is 11.9 Å². The quantitative estimate of drug-likeness (QED) is 0.564. The van der Waals surface area contributed by atoms with Crippen molar-refractivity contribution in [2.75, 3.05) is 26.8 Å². The van der Waals surface area contributed by atoms with Gasteiger partial charge in [0, 0.05) is 19.8 Å². The fraction of sp³-hybridized carbons (Fsp3) is 0.900. The summed E-state index contributed by atoms with van der Waals surface area (Å²) in [6.45, 7) is 6.14. The lowest BCUT2D eigenvalue weighted by Crippen LogP contribution is -2.40. The molecule has 4 nitrogen and oxygen atoms in total. The first-order valence-corrected chi connectivity index (χ1v) is 5.25. The fourth-order valence-corrected chi connectivity index (χ4v) is 0.916. The normalized spacial score (nSPS) is 12.5. The Morgan fingerprint density at radius 2 is 2.14 bits per heavy atom. The minimum atomic E-state index is -0.119. The molecule has 0 heterocycles. The van der Waals surface area contributed by atoms with Crippen molar-refractivity contribution in [3.63, 3.8) is 0 Å². The Morgan fingerprint density at radius 3 is 2.71 bits per heavy atom. The van der Waals surface area contributed by atoms with Gasteiger partial charge in [-0.1, -0.05) is 6.92 Å². The van der Waals surface area contributed by atoms with Crippen LogP contribution in [0.1, 0.15) is 26.7 Å². The van der Waals surface area contributed by atoms with Crippen molar-refractivity contribution in [3.05, 3.63) is 0 Å². The van der Waals surface area contributed by atoms with E-state index in [1.165, 1.54) is 0 Å². The van der Waals surface area contributed by atoms with Crippen LogP contribution >= 0.6 is 0 Å². The lowest BCUT2D eigenvalue weighted by atomic mass is 10.3. The Balaban J connectivity index is 3.23. The standard InChI is InChI=1S/C10H22N2O2/c1-4-7-14-8-5-6-12-10(13)9(2)11-3/h9,11H,4-8H2,1-3H3,(H,12,13). The van der Waals surface area contributed by atoms with Crippen molar-refractivity contribution < 1.29 is 9.53 Å². The smallest absolute Gasteiger partial charge is 0.236 e. The molecule has 0 saturated heterocycles. The van der Waals surface area contributed by atoms with E-state index in [1.807, 2.05) is 6.92 Å². The molecule has 0 spiro atoms. The molecule has 1 amide bonds. The first kappa shape index (κ1) is 13.4. The minimum Gasteiger partial charge on any atom is -0.381 e. The Labute approximate surface area is 86.4 Å². The van der Waals surface area contributed by atoms with E-state index < -0.39 is 0 Å². The predicted octanol–water partition coefficient (Wildman–Crippen LogP) is 0.527. The molecule has 0 radical (unpaired) electrons. The van der Waals surface area contributed by atoms with Crippen molar-refractivity contribution in [3.8, 4) is 0 Å². The van der Waals surface area contributed by atoms with Gasteiger partial charge in [-0.15, -0.1) is 0 Å². The molecule has 0 bridgehead atoms. The highest BCUT2D eigenvalue weighted by molar-refractivity contribution is 5.81. The van der Waals surface area contributed by atoms with Crippen LogP contribution in [0, 0.1) is 0 Å². The molecule has 0 rings (SSSR count). The first-order valence-electron chi connectivity index (χ1n) is 5.25. The maximum atomic E-state index is 11.2. The molecule has 1 atom stereocenters. The molecule has 0 aromatic rings. The molecule has 0 aromatic carbocycles. The molecule has 4 heteroatoms. The van der Waals surface area contributed by atoms with Crippen LogP contribution in [-0.2, 0) is 9.53 Å². The van der Waals surface area contributed by atoms with Crippen LogP contribution in [0.5, 0.6) is 0 Å². The van der Waals surface area contributed by atoms with Crippen LogP contribution in [0.2, 0.25) is 0 Å². The largest absolute Gasteiger partial charge is 0.381 e. The van der Waals surface area contributed by atoms with Gasteiger partial charge >= 0.3 is 0 Å². The minimum absolute atomic E-state index is 0.0444. The van der Waals surface area contributed by atoms with Gasteiger partial charge in [0.1, 0.15) is 0 Å². The second-order valence-electron chi connectivity index (χ2n) is 3.27. The summed E-state index contributed by atoms with van der Waals surface area (Å²) >= 11 is 0. The Hall–Kier alpha value is -0.610. The number of nitrogens with one attached hydrogen (secondary N) is 2. The maximum absolute atomic E-state index is 11.2. The summed E-state index contributed by atoms with van der Waals surface area (Å²) in [5, 5.41) is 5.71. The van der Waals surface area contributed by atoms with E-state index in [0.29, 0.717) is 6.54 Å². The average Bonchev–Trinajstić information content (AvgIpc) is 2.21. The van der Waals surface area contributed by atoms with Crippen LogP contribution in [0.25, 0.3) is 0 Å².